The fourth-order valence-electron chi connectivity index (χ4n) is 0.182. The number of hydrogen-bond acceptors (Lipinski definition) is 2. The molecule has 0 spiro atoms. The van der Waals surface area contributed by atoms with Crippen LogP contribution in [0.5, 0.6) is 0 Å². The highest BCUT2D eigenvalue weighted by molar-refractivity contribution is 6.39. The zero-order valence-corrected chi connectivity index (χ0v) is 5.52. The van der Waals surface area contributed by atoms with Crippen LogP contribution in [0.25, 0.3) is 0 Å². The molecule has 0 aromatic carbocycles. The summed E-state index contributed by atoms with van der Waals surface area (Å²) in [6.45, 7) is 0. The molecule has 0 unspecified atom stereocenters. The molecule has 0 amide bonds. The molecule has 1 N–H and O–H groups in total. The fraction of sp³-hybridized carbons (Fsp3) is 0.250. The van der Waals surface area contributed by atoms with E-state index in [2.05, 4.69) is 5.16 Å². The molecule has 0 aliphatic rings. The van der Waals surface area contributed by atoms with Crippen molar-refractivity contribution < 1.29 is 5.21 Å². The Hall–Kier alpha value is -0.210. The third-order valence-electron chi connectivity index (χ3n) is 0.453. The lowest BCUT2D eigenvalue weighted by Gasteiger charge is -1.79. The third kappa shape index (κ3) is 3.96. The van der Waals surface area contributed by atoms with Gasteiger partial charge in [0.25, 0.3) is 0 Å². The number of rotatable bonds is 2. The van der Waals surface area contributed by atoms with Crippen molar-refractivity contribution in [3.63, 3.8) is 0 Å². The molecule has 0 bridgehead atoms. The number of hydrogen-bond donors (Lipinski definition) is 1. The molecular formula is C4H5Cl2NO. The van der Waals surface area contributed by atoms with E-state index in [0.29, 0.717) is 10.9 Å². The van der Waals surface area contributed by atoms with Crippen LogP contribution >= 0.6 is 23.2 Å². The average Bonchev–Trinajstić information content (AvgIpc) is 1.68. The molecular weight excluding hydrogens is 149 g/mol. The molecule has 0 aliphatic carbocycles. The average molecular weight is 154 g/mol. The van der Waals surface area contributed by atoms with Gasteiger partial charge in [-0.3, -0.25) is 0 Å². The van der Waals surface area contributed by atoms with Crippen molar-refractivity contribution >= 4 is 29.4 Å². The number of nitrogens with zero attached hydrogens (tertiary/aromatic N) is 1. The molecule has 8 heavy (non-hydrogen) atoms. The summed E-state index contributed by atoms with van der Waals surface area (Å²) in [5, 5.41) is 10.9. The Bertz CT molecular complexity index is 111. The Kier molecular flexibility index (Phi) is 4.81. The second-order valence-corrected chi connectivity index (χ2v) is 1.73. The quantitative estimate of drug-likeness (QED) is 0.279. The van der Waals surface area contributed by atoms with E-state index in [-0.39, 0.29) is 0 Å². The largest absolute Gasteiger partial charge is 0.411 e. The van der Waals surface area contributed by atoms with Crippen molar-refractivity contribution in [3.05, 3.63) is 11.1 Å². The van der Waals surface area contributed by atoms with Gasteiger partial charge in [-0.25, -0.2) is 0 Å². The summed E-state index contributed by atoms with van der Waals surface area (Å²) in [6, 6.07) is 0. The molecule has 46 valence electrons. The topological polar surface area (TPSA) is 32.6 Å². The van der Waals surface area contributed by atoms with E-state index >= 15 is 0 Å². The molecule has 0 rings (SSSR count). The van der Waals surface area contributed by atoms with Crippen LogP contribution in [0.2, 0.25) is 0 Å². The highest BCUT2D eigenvalue weighted by Gasteiger charge is 1.80. The van der Waals surface area contributed by atoms with Gasteiger partial charge in [-0.15, -0.1) is 11.6 Å². The molecule has 0 radical (unpaired) electrons. The fourth-order valence-corrected chi connectivity index (χ4v) is 0.548. The maximum atomic E-state index is 7.86. The molecule has 0 heterocycles. The molecule has 0 saturated carbocycles. The Balaban J connectivity index is 3.61. The van der Waals surface area contributed by atoms with Crippen LogP contribution in [0.15, 0.2) is 16.3 Å². The molecule has 0 aromatic rings. The van der Waals surface area contributed by atoms with Gasteiger partial charge in [0, 0.05) is 5.88 Å². The first-order valence-electron chi connectivity index (χ1n) is 1.90. The minimum atomic E-state index is 0.324. The van der Waals surface area contributed by atoms with Crippen molar-refractivity contribution in [1.29, 1.82) is 0 Å². The van der Waals surface area contributed by atoms with Crippen LogP contribution in [0.3, 0.4) is 0 Å². The van der Waals surface area contributed by atoms with E-state index in [9.17, 15) is 0 Å². The first-order chi connectivity index (χ1) is 3.81. The first-order valence-corrected chi connectivity index (χ1v) is 2.81. The summed E-state index contributed by atoms with van der Waals surface area (Å²) >= 11 is 10.6. The SMILES string of the molecule is O/N=C/C(Cl)=C/CCl. The van der Waals surface area contributed by atoms with Crippen molar-refractivity contribution in [1.82, 2.24) is 0 Å². The van der Waals surface area contributed by atoms with Gasteiger partial charge in [0.2, 0.25) is 0 Å². The highest BCUT2D eigenvalue weighted by atomic mass is 35.5. The standard InChI is InChI=1S/C4H5Cl2NO/c5-2-1-4(6)3-7-8/h1,3,8H,2H2/b4-1-,7-3+. The van der Waals surface area contributed by atoms with Gasteiger partial charge in [0.15, 0.2) is 0 Å². The summed E-state index contributed by atoms with van der Waals surface area (Å²) in [6.07, 6.45) is 2.62. The molecule has 0 aliphatic heterocycles. The molecule has 4 heteroatoms. The maximum absolute atomic E-state index is 7.86. The van der Waals surface area contributed by atoms with Crippen LogP contribution < -0.4 is 0 Å². The minimum absolute atomic E-state index is 0.324. The summed E-state index contributed by atoms with van der Waals surface area (Å²) in [4.78, 5) is 0. The third-order valence-corrected chi connectivity index (χ3v) is 0.859. The first kappa shape index (κ1) is 7.79. The minimum Gasteiger partial charge on any atom is -0.411 e. The van der Waals surface area contributed by atoms with Gasteiger partial charge < -0.3 is 5.21 Å². The van der Waals surface area contributed by atoms with E-state index in [0.717, 1.165) is 6.21 Å². The van der Waals surface area contributed by atoms with Gasteiger partial charge in [-0.05, 0) is 6.08 Å². The van der Waals surface area contributed by atoms with Crippen LogP contribution in [0.1, 0.15) is 0 Å². The summed E-state index contributed by atoms with van der Waals surface area (Å²) in [5.41, 5.74) is 0. The summed E-state index contributed by atoms with van der Waals surface area (Å²) < 4.78 is 0. The lowest BCUT2D eigenvalue weighted by molar-refractivity contribution is 0.322. The molecule has 0 aromatic heterocycles. The Morgan fingerprint density at radius 3 is 2.75 bits per heavy atom. The normalized spacial score (nSPS) is 13.0. The van der Waals surface area contributed by atoms with Crippen LogP contribution in [0.4, 0.5) is 0 Å². The predicted octanol–water partition coefficient (Wildman–Crippen LogP) is 1.81. The lowest BCUT2D eigenvalue weighted by Crippen LogP contribution is -1.73. The molecule has 0 fully saturated rings. The smallest absolute Gasteiger partial charge is 0.0844 e. The Morgan fingerprint density at radius 1 is 1.75 bits per heavy atom. The van der Waals surface area contributed by atoms with Gasteiger partial charge >= 0.3 is 0 Å². The van der Waals surface area contributed by atoms with Gasteiger partial charge in [0.05, 0.1) is 11.2 Å². The van der Waals surface area contributed by atoms with Gasteiger partial charge in [-0.2, -0.15) is 0 Å². The van der Waals surface area contributed by atoms with E-state index in [1.807, 2.05) is 0 Å². The Labute approximate surface area is 57.4 Å². The second-order valence-electron chi connectivity index (χ2n) is 0.988. The number of allylic oxidation sites excluding steroid dienone is 2. The van der Waals surface area contributed by atoms with E-state index in [4.69, 9.17) is 28.4 Å². The van der Waals surface area contributed by atoms with E-state index < -0.39 is 0 Å². The summed E-state index contributed by atoms with van der Waals surface area (Å²) in [7, 11) is 0. The maximum Gasteiger partial charge on any atom is 0.0844 e. The van der Waals surface area contributed by atoms with Crippen molar-refractivity contribution in [2.24, 2.45) is 5.16 Å². The monoisotopic (exact) mass is 153 g/mol. The molecule has 2 nitrogen and oxygen atoms in total. The van der Waals surface area contributed by atoms with Crippen LogP contribution in [-0.4, -0.2) is 17.3 Å². The van der Waals surface area contributed by atoms with Crippen molar-refractivity contribution in [3.8, 4) is 0 Å². The van der Waals surface area contributed by atoms with Gasteiger partial charge in [-0.1, -0.05) is 16.8 Å². The molecule has 0 saturated heterocycles. The lowest BCUT2D eigenvalue weighted by atomic mass is 10.5. The highest BCUT2D eigenvalue weighted by Crippen LogP contribution is 1.96. The van der Waals surface area contributed by atoms with Crippen LogP contribution in [0, 0.1) is 0 Å². The second kappa shape index (κ2) is 4.94. The predicted molar refractivity (Wildman–Crippen MR) is 34.9 cm³/mol. The van der Waals surface area contributed by atoms with Crippen molar-refractivity contribution in [2.75, 3.05) is 5.88 Å². The van der Waals surface area contributed by atoms with E-state index in [1.54, 1.807) is 0 Å². The number of halogens is 2. The Morgan fingerprint density at radius 2 is 2.38 bits per heavy atom. The van der Waals surface area contributed by atoms with E-state index in [1.165, 1.54) is 6.08 Å². The van der Waals surface area contributed by atoms with Crippen LogP contribution in [-0.2, 0) is 0 Å². The number of alkyl halides is 1. The molecule has 0 atom stereocenters. The van der Waals surface area contributed by atoms with Gasteiger partial charge in [0.1, 0.15) is 0 Å². The van der Waals surface area contributed by atoms with Crippen molar-refractivity contribution in [2.45, 2.75) is 0 Å². The summed E-state index contributed by atoms with van der Waals surface area (Å²) in [5.74, 6) is 0.324. The zero-order valence-electron chi connectivity index (χ0n) is 4.01. The number of oxime groups is 1. The zero-order chi connectivity index (χ0) is 6.41.